The number of nitrogens with one attached hydrogen (secondary N) is 1. The van der Waals surface area contributed by atoms with Crippen LogP contribution in [0.4, 0.5) is 15.9 Å². The number of fused-ring (bicyclic) bond motifs is 1. The number of halogens is 1. The molecule has 8 heteroatoms. The zero-order valence-corrected chi connectivity index (χ0v) is 15.2. The van der Waals surface area contributed by atoms with E-state index in [9.17, 15) is 9.18 Å². The number of anilines is 2. The number of carbonyl (C=O) groups excluding carboxylic acids is 1. The average Bonchev–Trinajstić information content (AvgIpc) is 3.39. The predicted octanol–water partition coefficient (Wildman–Crippen LogP) is 4.05. The third-order valence-electron chi connectivity index (χ3n) is 4.93. The molecule has 1 aliphatic carbocycles. The number of nitrogens with zero attached hydrogens (tertiary/aromatic N) is 4. The van der Waals surface area contributed by atoms with E-state index < -0.39 is 0 Å². The molecule has 1 unspecified atom stereocenters. The molecule has 3 heterocycles. The van der Waals surface area contributed by atoms with Crippen molar-refractivity contribution < 1.29 is 13.6 Å². The maximum absolute atomic E-state index is 13.2. The minimum atomic E-state index is -0.335. The van der Waals surface area contributed by atoms with Crippen LogP contribution in [0.5, 0.6) is 0 Å². The van der Waals surface area contributed by atoms with E-state index in [0.29, 0.717) is 35.9 Å². The first-order chi connectivity index (χ1) is 14.2. The van der Waals surface area contributed by atoms with Gasteiger partial charge in [0, 0.05) is 36.8 Å². The Bertz CT molecular complexity index is 1150. The fraction of sp³-hybridized carbons (Fsp3) is 0.143. The van der Waals surface area contributed by atoms with Crippen molar-refractivity contribution in [2.24, 2.45) is 0 Å². The molecule has 29 heavy (non-hydrogen) atoms. The van der Waals surface area contributed by atoms with Crippen LogP contribution in [0.15, 0.2) is 65.5 Å². The minimum absolute atomic E-state index is 0.0422. The Morgan fingerprint density at radius 3 is 2.59 bits per heavy atom. The molecule has 0 aliphatic heterocycles. The van der Waals surface area contributed by atoms with E-state index in [4.69, 9.17) is 4.42 Å². The van der Waals surface area contributed by atoms with Gasteiger partial charge >= 0.3 is 0 Å². The van der Waals surface area contributed by atoms with Crippen molar-refractivity contribution >= 4 is 17.3 Å². The summed E-state index contributed by atoms with van der Waals surface area (Å²) in [6.45, 7) is 0. The predicted molar refractivity (Wildman–Crippen MR) is 103 cm³/mol. The molecule has 7 nitrogen and oxygen atoms in total. The summed E-state index contributed by atoms with van der Waals surface area (Å²) >= 11 is 0. The maximum atomic E-state index is 13.2. The third-order valence-corrected chi connectivity index (χ3v) is 4.93. The van der Waals surface area contributed by atoms with E-state index in [1.54, 1.807) is 41.5 Å². The zero-order valence-electron chi connectivity index (χ0n) is 15.2. The molecule has 0 saturated heterocycles. The standard InChI is InChI=1S/C21H16FN5O2/c22-14-4-6-15(7-5-14)25-20-19-16(27(26-20)21-23-8-2-9-24-21)11-13(12-17(19)28)18-3-1-10-29-18/h1-10,13H,11-12H2,(H,25,26). The van der Waals surface area contributed by atoms with Crippen molar-refractivity contribution in [3.8, 4) is 5.95 Å². The smallest absolute Gasteiger partial charge is 0.250 e. The molecule has 0 spiro atoms. The van der Waals surface area contributed by atoms with Crippen LogP contribution in [0.25, 0.3) is 5.95 Å². The van der Waals surface area contributed by atoms with Crippen molar-refractivity contribution in [1.82, 2.24) is 19.7 Å². The van der Waals surface area contributed by atoms with Crippen LogP contribution in [-0.2, 0) is 6.42 Å². The number of hydrogen-bond donors (Lipinski definition) is 1. The first-order valence-corrected chi connectivity index (χ1v) is 9.17. The molecule has 0 radical (unpaired) electrons. The highest BCUT2D eigenvalue weighted by Gasteiger charge is 2.35. The van der Waals surface area contributed by atoms with Crippen LogP contribution in [0, 0.1) is 5.82 Å². The second-order valence-corrected chi connectivity index (χ2v) is 6.81. The molecule has 0 bridgehead atoms. The van der Waals surface area contributed by atoms with E-state index >= 15 is 0 Å². The Hall–Kier alpha value is -3.81. The summed E-state index contributed by atoms with van der Waals surface area (Å²) in [4.78, 5) is 21.6. The fourth-order valence-corrected chi connectivity index (χ4v) is 3.61. The minimum Gasteiger partial charge on any atom is -0.469 e. The van der Waals surface area contributed by atoms with Crippen LogP contribution in [0.2, 0.25) is 0 Å². The van der Waals surface area contributed by atoms with Gasteiger partial charge in [0.2, 0.25) is 0 Å². The molecule has 0 saturated carbocycles. The largest absolute Gasteiger partial charge is 0.469 e. The third kappa shape index (κ3) is 3.18. The van der Waals surface area contributed by atoms with Crippen LogP contribution in [-0.4, -0.2) is 25.5 Å². The summed E-state index contributed by atoms with van der Waals surface area (Å²) in [6, 6.07) is 11.3. The van der Waals surface area contributed by atoms with Gasteiger partial charge in [0.25, 0.3) is 5.95 Å². The lowest BCUT2D eigenvalue weighted by molar-refractivity contribution is 0.0960. The van der Waals surface area contributed by atoms with Gasteiger partial charge in [0.15, 0.2) is 11.6 Å². The number of carbonyl (C=O) groups is 1. The van der Waals surface area contributed by atoms with Gasteiger partial charge in [-0.15, -0.1) is 5.10 Å². The first-order valence-electron chi connectivity index (χ1n) is 9.17. The molecule has 1 N–H and O–H groups in total. The molecule has 3 aromatic heterocycles. The van der Waals surface area contributed by atoms with Gasteiger partial charge in [0.1, 0.15) is 11.6 Å². The second kappa shape index (κ2) is 6.97. The summed E-state index contributed by atoms with van der Waals surface area (Å²) in [5.41, 5.74) is 1.86. The van der Waals surface area contributed by atoms with Gasteiger partial charge in [0.05, 0.1) is 17.5 Å². The Labute approximate surface area is 165 Å². The molecule has 0 fully saturated rings. The van der Waals surface area contributed by atoms with Gasteiger partial charge in [-0.1, -0.05) is 0 Å². The molecule has 5 rings (SSSR count). The van der Waals surface area contributed by atoms with E-state index in [1.807, 2.05) is 12.1 Å². The lowest BCUT2D eigenvalue weighted by Gasteiger charge is -2.20. The van der Waals surface area contributed by atoms with E-state index in [0.717, 1.165) is 11.5 Å². The normalized spacial score (nSPS) is 15.9. The summed E-state index contributed by atoms with van der Waals surface area (Å²) in [7, 11) is 0. The highest BCUT2D eigenvalue weighted by molar-refractivity contribution is 6.03. The quantitative estimate of drug-likeness (QED) is 0.567. The Kier molecular flexibility index (Phi) is 4.16. The lowest BCUT2D eigenvalue weighted by Crippen LogP contribution is -2.21. The monoisotopic (exact) mass is 389 g/mol. The van der Waals surface area contributed by atoms with E-state index in [1.165, 1.54) is 12.1 Å². The van der Waals surface area contributed by atoms with E-state index in [2.05, 4.69) is 20.4 Å². The second-order valence-electron chi connectivity index (χ2n) is 6.81. The number of furan rings is 1. The molecule has 4 aromatic rings. The Morgan fingerprint density at radius 1 is 1.07 bits per heavy atom. The number of ketones is 1. The number of aromatic nitrogens is 4. The summed E-state index contributed by atoms with van der Waals surface area (Å²) < 4.78 is 20.4. The van der Waals surface area contributed by atoms with Crippen LogP contribution < -0.4 is 5.32 Å². The topological polar surface area (TPSA) is 85.8 Å². The van der Waals surface area contributed by atoms with Crippen LogP contribution in [0.3, 0.4) is 0 Å². The maximum Gasteiger partial charge on any atom is 0.250 e. The van der Waals surface area contributed by atoms with Crippen LogP contribution in [0.1, 0.15) is 34.2 Å². The number of rotatable bonds is 4. The first kappa shape index (κ1) is 17.3. The molecule has 1 aromatic carbocycles. The van der Waals surface area contributed by atoms with Crippen molar-refractivity contribution in [1.29, 1.82) is 0 Å². The van der Waals surface area contributed by atoms with Gasteiger partial charge in [-0.05, 0) is 42.5 Å². The van der Waals surface area contributed by atoms with E-state index in [-0.39, 0.29) is 17.5 Å². The Balaban J connectivity index is 1.60. The van der Waals surface area contributed by atoms with Crippen molar-refractivity contribution in [3.63, 3.8) is 0 Å². The number of benzene rings is 1. The van der Waals surface area contributed by atoms with Crippen molar-refractivity contribution in [2.45, 2.75) is 18.8 Å². The lowest BCUT2D eigenvalue weighted by atomic mass is 9.85. The molecule has 0 amide bonds. The van der Waals surface area contributed by atoms with Gasteiger partial charge in [-0.3, -0.25) is 4.79 Å². The van der Waals surface area contributed by atoms with Gasteiger partial charge < -0.3 is 9.73 Å². The SMILES string of the molecule is O=C1CC(c2ccco2)Cc2c1c(Nc1ccc(F)cc1)nn2-c1ncccn1. The zero-order chi connectivity index (χ0) is 19.8. The average molecular weight is 389 g/mol. The molecule has 1 aliphatic rings. The highest BCUT2D eigenvalue weighted by atomic mass is 19.1. The molecular weight excluding hydrogens is 373 g/mol. The van der Waals surface area contributed by atoms with Crippen molar-refractivity contribution in [3.05, 3.63) is 84.0 Å². The summed E-state index contributed by atoms with van der Waals surface area (Å²) in [5, 5.41) is 7.71. The molecular formula is C21H16FN5O2. The van der Waals surface area contributed by atoms with Gasteiger partial charge in [-0.2, -0.15) is 0 Å². The Morgan fingerprint density at radius 2 is 1.86 bits per heavy atom. The summed E-state index contributed by atoms with van der Waals surface area (Å²) in [6.07, 6.45) is 5.73. The van der Waals surface area contributed by atoms with Crippen molar-refractivity contribution in [2.75, 3.05) is 5.32 Å². The fourth-order valence-electron chi connectivity index (χ4n) is 3.61. The molecule has 1 atom stereocenters. The number of hydrogen-bond acceptors (Lipinski definition) is 6. The number of Topliss-reactive ketones (excluding diaryl/α,β-unsaturated/α-hetero) is 1. The van der Waals surface area contributed by atoms with Gasteiger partial charge in [-0.25, -0.2) is 19.0 Å². The molecule has 144 valence electrons. The highest BCUT2D eigenvalue weighted by Crippen LogP contribution is 2.37. The summed E-state index contributed by atoms with van der Waals surface area (Å²) in [5.74, 6) is 1.09. The van der Waals surface area contributed by atoms with Crippen LogP contribution >= 0.6 is 0 Å².